The summed E-state index contributed by atoms with van der Waals surface area (Å²) in [5.41, 5.74) is 1.60. The second kappa shape index (κ2) is 9.31. The lowest BCUT2D eigenvalue weighted by Crippen LogP contribution is -2.25. The third-order valence-corrected chi connectivity index (χ3v) is 6.09. The maximum Gasteiger partial charge on any atom is 0.261 e. The van der Waals surface area contributed by atoms with Gasteiger partial charge in [0, 0.05) is 17.1 Å². The van der Waals surface area contributed by atoms with Crippen LogP contribution < -0.4 is 10.0 Å². The molecule has 0 aliphatic heterocycles. The Morgan fingerprint density at radius 1 is 0.897 bits per heavy atom. The summed E-state index contributed by atoms with van der Waals surface area (Å²) < 4.78 is 27.3. The molecular weight excluding hydrogens is 431 g/mol. The van der Waals surface area contributed by atoms with E-state index in [9.17, 15) is 13.2 Å². The van der Waals surface area contributed by atoms with Gasteiger partial charge in [0.25, 0.3) is 15.9 Å². The van der Waals surface area contributed by atoms with Gasteiger partial charge in [0.15, 0.2) is 0 Å². The van der Waals surface area contributed by atoms with Crippen LogP contribution in [0.3, 0.4) is 0 Å². The van der Waals surface area contributed by atoms with E-state index in [1.807, 2.05) is 12.1 Å². The first-order valence-electron chi connectivity index (χ1n) is 8.75. The van der Waals surface area contributed by atoms with Crippen LogP contribution >= 0.6 is 23.2 Å². The Morgan fingerprint density at radius 2 is 1.59 bits per heavy atom. The summed E-state index contributed by atoms with van der Waals surface area (Å²) >= 11 is 12.0. The van der Waals surface area contributed by atoms with Gasteiger partial charge < -0.3 is 5.32 Å². The van der Waals surface area contributed by atoms with Crippen molar-refractivity contribution in [3.63, 3.8) is 0 Å². The van der Waals surface area contributed by atoms with E-state index in [2.05, 4.69) is 10.0 Å². The van der Waals surface area contributed by atoms with Crippen molar-refractivity contribution in [2.24, 2.45) is 0 Å². The highest BCUT2D eigenvalue weighted by atomic mass is 35.5. The zero-order valence-electron chi connectivity index (χ0n) is 15.2. The van der Waals surface area contributed by atoms with Crippen molar-refractivity contribution in [2.75, 3.05) is 11.3 Å². The number of hydrogen-bond donors (Lipinski definition) is 2. The Balaban J connectivity index is 1.62. The van der Waals surface area contributed by atoms with Crippen molar-refractivity contribution in [3.8, 4) is 0 Å². The van der Waals surface area contributed by atoms with Crippen LogP contribution in [-0.4, -0.2) is 20.9 Å². The van der Waals surface area contributed by atoms with E-state index < -0.39 is 10.0 Å². The lowest BCUT2D eigenvalue weighted by atomic mass is 10.1. The average molecular weight is 449 g/mol. The van der Waals surface area contributed by atoms with Crippen LogP contribution in [0.15, 0.2) is 77.7 Å². The Labute approximate surface area is 179 Å². The highest BCUT2D eigenvalue weighted by molar-refractivity contribution is 7.92. The van der Waals surface area contributed by atoms with Crippen molar-refractivity contribution in [3.05, 3.63) is 94.0 Å². The van der Waals surface area contributed by atoms with Gasteiger partial charge in [0.05, 0.1) is 15.6 Å². The molecule has 8 heteroatoms. The number of sulfonamides is 1. The van der Waals surface area contributed by atoms with Gasteiger partial charge in [0.1, 0.15) is 0 Å². The normalized spacial score (nSPS) is 11.1. The lowest BCUT2D eigenvalue weighted by molar-refractivity contribution is 0.0954. The number of rotatable bonds is 7. The summed E-state index contributed by atoms with van der Waals surface area (Å²) in [5.74, 6) is -0.293. The second-order valence-corrected chi connectivity index (χ2v) is 8.77. The Kier molecular flexibility index (Phi) is 6.79. The Morgan fingerprint density at radius 3 is 2.24 bits per heavy atom. The maximum absolute atomic E-state index is 12.4. The summed E-state index contributed by atoms with van der Waals surface area (Å²) in [5, 5.41) is 3.61. The van der Waals surface area contributed by atoms with Crippen LogP contribution in [0.4, 0.5) is 5.69 Å². The zero-order chi connectivity index (χ0) is 20.9. The standard InChI is InChI=1S/C21H18Cl2N2O3S/c22-17-9-6-15(7-10-17)12-13-24-21(26)16-8-11-20(19(23)14-16)25-29(27,28)18-4-2-1-3-5-18/h1-11,14,25H,12-13H2,(H,24,26). The molecule has 0 radical (unpaired) electrons. The Bertz CT molecular complexity index is 1100. The molecule has 0 aliphatic carbocycles. The van der Waals surface area contributed by atoms with E-state index in [1.165, 1.54) is 30.3 Å². The molecule has 0 fully saturated rings. The van der Waals surface area contributed by atoms with Gasteiger partial charge in [-0.3, -0.25) is 9.52 Å². The van der Waals surface area contributed by atoms with E-state index in [0.717, 1.165) is 5.56 Å². The summed E-state index contributed by atoms with van der Waals surface area (Å²) in [6, 6.07) is 19.8. The molecule has 3 aromatic rings. The van der Waals surface area contributed by atoms with Crippen molar-refractivity contribution in [1.82, 2.24) is 5.32 Å². The van der Waals surface area contributed by atoms with Crippen molar-refractivity contribution < 1.29 is 13.2 Å². The van der Waals surface area contributed by atoms with Gasteiger partial charge in [-0.25, -0.2) is 8.42 Å². The van der Waals surface area contributed by atoms with Crippen LogP contribution in [-0.2, 0) is 16.4 Å². The summed E-state index contributed by atoms with van der Waals surface area (Å²) in [6.07, 6.45) is 0.658. The van der Waals surface area contributed by atoms with Crippen LogP contribution in [0.1, 0.15) is 15.9 Å². The highest BCUT2D eigenvalue weighted by Gasteiger charge is 2.16. The van der Waals surface area contributed by atoms with Crippen molar-refractivity contribution in [1.29, 1.82) is 0 Å². The summed E-state index contributed by atoms with van der Waals surface area (Å²) in [7, 11) is -3.76. The molecule has 0 aliphatic rings. The van der Waals surface area contributed by atoms with Gasteiger partial charge in [-0.05, 0) is 54.4 Å². The number of carbonyl (C=O) groups is 1. The fourth-order valence-electron chi connectivity index (χ4n) is 2.62. The quantitative estimate of drug-likeness (QED) is 0.546. The third-order valence-electron chi connectivity index (χ3n) is 4.14. The third kappa shape index (κ3) is 5.73. The molecule has 3 aromatic carbocycles. The molecule has 1 amide bonds. The summed E-state index contributed by atoms with van der Waals surface area (Å²) in [4.78, 5) is 12.5. The Hall–Kier alpha value is -2.54. The predicted octanol–water partition coefficient (Wildman–Crippen LogP) is 4.77. The first-order valence-corrected chi connectivity index (χ1v) is 11.0. The summed E-state index contributed by atoms with van der Waals surface area (Å²) in [6.45, 7) is 0.445. The van der Waals surface area contributed by atoms with Gasteiger partial charge in [-0.15, -0.1) is 0 Å². The molecule has 0 saturated heterocycles. The minimum Gasteiger partial charge on any atom is -0.352 e. The second-order valence-electron chi connectivity index (χ2n) is 6.25. The molecule has 29 heavy (non-hydrogen) atoms. The topological polar surface area (TPSA) is 75.3 Å². The van der Waals surface area contributed by atoms with Gasteiger partial charge in [0.2, 0.25) is 0 Å². The van der Waals surface area contributed by atoms with E-state index in [1.54, 1.807) is 30.3 Å². The minimum absolute atomic E-state index is 0.125. The number of hydrogen-bond acceptors (Lipinski definition) is 3. The van der Waals surface area contributed by atoms with Crippen LogP contribution in [0.2, 0.25) is 10.0 Å². The smallest absolute Gasteiger partial charge is 0.261 e. The van der Waals surface area contributed by atoms with E-state index in [0.29, 0.717) is 23.6 Å². The molecule has 150 valence electrons. The maximum atomic E-state index is 12.4. The number of anilines is 1. The SMILES string of the molecule is O=C(NCCc1ccc(Cl)cc1)c1ccc(NS(=O)(=O)c2ccccc2)c(Cl)c1. The van der Waals surface area contributed by atoms with Crippen LogP contribution in [0.5, 0.6) is 0 Å². The first kappa shape index (κ1) is 21.2. The molecule has 0 heterocycles. The first-order chi connectivity index (χ1) is 13.8. The number of benzene rings is 3. The molecule has 0 spiro atoms. The number of amides is 1. The predicted molar refractivity (Wildman–Crippen MR) is 116 cm³/mol. The van der Waals surface area contributed by atoms with Gasteiger partial charge in [-0.1, -0.05) is 53.5 Å². The average Bonchev–Trinajstić information content (AvgIpc) is 2.71. The van der Waals surface area contributed by atoms with E-state index in [-0.39, 0.29) is 21.5 Å². The van der Waals surface area contributed by atoms with Crippen molar-refractivity contribution >= 4 is 44.8 Å². The van der Waals surface area contributed by atoms with Gasteiger partial charge in [-0.2, -0.15) is 0 Å². The van der Waals surface area contributed by atoms with E-state index >= 15 is 0 Å². The molecule has 3 rings (SSSR count). The number of nitrogens with one attached hydrogen (secondary N) is 2. The van der Waals surface area contributed by atoms with Crippen molar-refractivity contribution in [2.45, 2.75) is 11.3 Å². The molecule has 2 N–H and O–H groups in total. The highest BCUT2D eigenvalue weighted by Crippen LogP contribution is 2.26. The number of carbonyl (C=O) groups excluding carboxylic acids is 1. The monoisotopic (exact) mass is 448 g/mol. The van der Waals surface area contributed by atoms with Gasteiger partial charge >= 0.3 is 0 Å². The molecule has 0 aromatic heterocycles. The molecule has 0 unspecified atom stereocenters. The molecule has 0 bridgehead atoms. The minimum atomic E-state index is -3.76. The largest absolute Gasteiger partial charge is 0.352 e. The molecule has 0 atom stereocenters. The zero-order valence-corrected chi connectivity index (χ0v) is 17.6. The number of halogens is 2. The fourth-order valence-corrected chi connectivity index (χ4v) is 4.13. The fraction of sp³-hybridized carbons (Fsp3) is 0.0952. The molecular formula is C21H18Cl2N2O3S. The lowest BCUT2D eigenvalue weighted by Gasteiger charge is -2.11. The van der Waals surface area contributed by atoms with Crippen LogP contribution in [0, 0.1) is 0 Å². The van der Waals surface area contributed by atoms with Crippen LogP contribution in [0.25, 0.3) is 0 Å². The van der Waals surface area contributed by atoms with E-state index in [4.69, 9.17) is 23.2 Å². The molecule has 0 saturated carbocycles. The molecule has 5 nitrogen and oxygen atoms in total.